The second-order valence-electron chi connectivity index (χ2n) is 8.32. The Bertz CT molecular complexity index is 521. The molecule has 0 saturated heterocycles. The lowest BCUT2D eigenvalue weighted by molar-refractivity contribution is -0.193. The Morgan fingerprint density at radius 3 is 1.32 bits per heavy atom. The van der Waals surface area contributed by atoms with Gasteiger partial charge in [0.25, 0.3) is 0 Å². The number of aliphatic carboxylic acids is 2. The smallest absolute Gasteiger partial charge is 0.373 e. The molecule has 0 aliphatic carbocycles. The Hall–Kier alpha value is -1.91. The molecule has 0 heterocycles. The fourth-order valence-corrected chi connectivity index (χ4v) is 12.0. The van der Waals surface area contributed by atoms with Crippen LogP contribution in [0.5, 0.6) is 0 Å². The monoisotopic (exact) mass is 482 g/mol. The summed E-state index contributed by atoms with van der Waals surface area (Å²) in [5.41, 5.74) is 0. The molecule has 0 aromatic carbocycles. The minimum Gasteiger partial charge on any atom is -0.481 e. The van der Waals surface area contributed by atoms with Crippen molar-refractivity contribution in [3.05, 3.63) is 0 Å². The highest BCUT2D eigenvalue weighted by Gasteiger charge is 2.33. The maximum absolute atomic E-state index is 10.9. The summed E-state index contributed by atoms with van der Waals surface area (Å²) in [5, 5.41) is 17.9. The Morgan fingerprint density at radius 2 is 1.06 bits per heavy atom. The summed E-state index contributed by atoms with van der Waals surface area (Å²) < 4.78 is 6.52. The highest BCUT2D eigenvalue weighted by Crippen LogP contribution is 2.28. The minimum atomic E-state index is -1.90. The zero-order chi connectivity index (χ0) is 23.7. The summed E-state index contributed by atoms with van der Waals surface area (Å²) in [6, 6.07) is 1.95. The first-order chi connectivity index (χ1) is 13.2. The Labute approximate surface area is 188 Å². The van der Waals surface area contributed by atoms with Gasteiger partial charge in [0.15, 0.2) is 16.6 Å². The molecule has 0 aliphatic heterocycles. The van der Waals surface area contributed by atoms with Crippen LogP contribution in [0, 0.1) is 11.8 Å². The zero-order valence-corrected chi connectivity index (χ0v) is 20.1. The van der Waals surface area contributed by atoms with Crippen molar-refractivity contribution >= 4 is 40.9 Å². The summed E-state index contributed by atoms with van der Waals surface area (Å²) in [6.45, 7) is 13.3. The van der Waals surface area contributed by atoms with Crippen molar-refractivity contribution in [2.45, 2.75) is 92.7 Å². The van der Waals surface area contributed by atoms with Gasteiger partial charge in [-0.25, -0.2) is 0 Å². The van der Waals surface area contributed by atoms with E-state index in [1.807, 2.05) is 0 Å². The predicted molar refractivity (Wildman–Crippen MR) is 121 cm³/mol. The van der Waals surface area contributed by atoms with Gasteiger partial charge in [-0.15, -0.1) is 0 Å². The molecule has 11 heteroatoms. The van der Waals surface area contributed by atoms with Crippen molar-refractivity contribution in [2.24, 2.45) is 11.8 Å². The molecule has 2 N–H and O–H groups in total. The predicted octanol–water partition coefficient (Wildman–Crippen LogP) is 4.52. The van der Waals surface area contributed by atoms with E-state index in [4.69, 9.17) is 33.5 Å². The van der Waals surface area contributed by atoms with Gasteiger partial charge in [-0.2, -0.15) is 19.2 Å². The number of carboxylic acids is 2. The van der Waals surface area contributed by atoms with Crippen LogP contribution in [0.2, 0.25) is 38.3 Å². The number of carbonyl (C=O) groups excluding carboxylic acids is 4. The van der Waals surface area contributed by atoms with E-state index >= 15 is 0 Å². The molecule has 0 amide bonds. The maximum atomic E-state index is 10.9. The van der Waals surface area contributed by atoms with E-state index in [1.165, 1.54) is 6.42 Å². The molecule has 184 valence electrons. The molecule has 0 bridgehead atoms. The van der Waals surface area contributed by atoms with E-state index in [-0.39, 0.29) is 45.9 Å². The average Bonchev–Trinajstić information content (AvgIpc) is 2.50. The zero-order valence-electron chi connectivity index (χ0n) is 18.1. The number of carbonyl (C=O) groups is 2. The van der Waals surface area contributed by atoms with E-state index in [0.717, 1.165) is 12.1 Å². The third kappa shape index (κ3) is 33.0. The maximum Gasteiger partial charge on any atom is 0.373 e. The van der Waals surface area contributed by atoms with E-state index in [9.17, 15) is 9.59 Å². The van der Waals surface area contributed by atoms with Gasteiger partial charge in [-0.05, 0) is 56.5 Å². The van der Waals surface area contributed by atoms with Crippen LogP contribution < -0.4 is 0 Å². The minimum absolute atomic E-state index is 0. The summed E-state index contributed by atoms with van der Waals surface area (Å²) in [5.74, 6) is -1.49. The Kier molecular flexibility index (Phi) is 27.2. The lowest BCUT2D eigenvalue weighted by Crippen LogP contribution is -2.44. The van der Waals surface area contributed by atoms with Gasteiger partial charge in [0, 0.05) is 12.8 Å². The van der Waals surface area contributed by atoms with Crippen LogP contribution in [0.25, 0.3) is 0 Å². The first-order valence-corrected chi connectivity index (χ1v) is 15.5. The number of hydrogen-bond acceptors (Lipinski definition) is 7. The van der Waals surface area contributed by atoms with Crippen LogP contribution in [0.1, 0.15) is 54.4 Å². The van der Waals surface area contributed by atoms with Crippen molar-refractivity contribution in [1.82, 2.24) is 0 Å². The molecule has 0 spiro atoms. The van der Waals surface area contributed by atoms with Gasteiger partial charge >= 0.3 is 24.2 Å². The molecule has 0 fully saturated rings. The molecule has 0 saturated carbocycles. The third-order valence-corrected chi connectivity index (χ3v) is 11.4. The van der Waals surface area contributed by atoms with Crippen molar-refractivity contribution in [3.63, 3.8) is 0 Å². The molecule has 31 heavy (non-hydrogen) atoms. The molecule has 0 rings (SSSR count). The van der Waals surface area contributed by atoms with E-state index in [0.29, 0.717) is 12.3 Å². The van der Waals surface area contributed by atoms with Crippen LogP contribution in [-0.2, 0) is 32.9 Å². The average molecular weight is 483 g/mol. The quantitative estimate of drug-likeness (QED) is 0.382. The summed E-state index contributed by atoms with van der Waals surface area (Å²) in [4.78, 5) is 54.3. The number of carboxylic acid groups (broad SMARTS) is 2. The fraction of sp³-hybridized carbons (Fsp3) is 0.800. The van der Waals surface area contributed by atoms with Crippen molar-refractivity contribution in [2.75, 3.05) is 0 Å². The fourth-order valence-electron chi connectivity index (χ4n) is 2.81. The highest BCUT2D eigenvalue weighted by atomic mass is 28.4. The van der Waals surface area contributed by atoms with Crippen molar-refractivity contribution in [3.8, 4) is 0 Å². The molecule has 0 radical (unpaired) electrons. The molecule has 0 atom stereocenters. The molecule has 0 aliphatic rings. The highest BCUT2D eigenvalue weighted by molar-refractivity contribution is 6.84. The van der Waals surface area contributed by atoms with E-state index in [1.54, 1.807) is 0 Å². The molecular weight excluding hydrogens is 440 g/mol. The first kappa shape index (κ1) is 39.6. The second kappa shape index (κ2) is 21.3. The van der Waals surface area contributed by atoms with Crippen LogP contribution in [0.15, 0.2) is 0 Å². The van der Waals surface area contributed by atoms with Gasteiger partial charge in [-0.1, -0.05) is 35.1 Å². The van der Waals surface area contributed by atoms with Crippen LogP contribution in [-0.4, -0.2) is 51.1 Å². The van der Waals surface area contributed by atoms with Gasteiger partial charge < -0.3 is 14.3 Å². The number of hydrogen-bond donors (Lipinski definition) is 2. The van der Waals surface area contributed by atoms with Gasteiger partial charge in [0.05, 0.1) is 0 Å². The first-order valence-electron chi connectivity index (χ1n) is 9.28. The lowest BCUT2D eigenvalue weighted by atomic mass is 9.99. The van der Waals surface area contributed by atoms with Crippen LogP contribution in [0.3, 0.4) is 0 Å². The molecule has 0 unspecified atom stereocenters. The van der Waals surface area contributed by atoms with Crippen LogP contribution in [0.4, 0.5) is 0 Å². The standard InChI is InChI=1S/C16H34O5Si2.2CO2.2CH4/c1-13(2)7-9-22(3,4)21-23(5,6)10-8-14(11-15(17)18)12-16(19)20;2*2-1-3;;/h13-14H,7-12H2,1-6H3,(H,17,18)(H,19,20);;;2*1H4. The second-order valence-corrected chi connectivity index (χ2v) is 17.2. The van der Waals surface area contributed by atoms with Gasteiger partial charge in [0.2, 0.25) is 0 Å². The summed E-state index contributed by atoms with van der Waals surface area (Å²) >= 11 is 0. The van der Waals surface area contributed by atoms with E-state index in [2.05, 4.69) is 40.0 Å². The molecular formula is C20H42O9Si2. The molecule has 0 aromatic heterocycles. The topological polar surface area (TPSA) is 152 Å². The molecule has 9 nitrogen and oxygen atoms in total. The van der Waals surface area contributed by atoms with E-state index < -0.39 is 28.6 Å². The Balaban J connectivity index is -0.000000251. The summed E-state index contributed by atoms with van der Waals surface area (Å²) in [7, 11) is -3.61. The molecule has 0 aromatic rings. The lowest BCUT2D eigenvalue weighted by Gasteiger charge is -2.35. The van der Waals surface area contributed by atoms with Crippen LogP contribution >= 0.6 is 0 Å². The Morgan fingerprint density at radius 1 is 0.774 bits per heavy atom. The van der Waals surface area contributed by atoms with Crippen molar-refractivity contribution < 1.29 is 43.1 Å². The van der Waals surface area contributed by atoms with Gasteiger partial charge in [-0.3, -0.25) is 9.59 Å². The van der Waals surface area contributed by atoms with Crippen molar-refractivity contribution in [1.29, 1.82) is 0 Å². The third-order valence-electron chi connectivity index (χ3n) is 3.96. The van der Waals surface area contributed by atoms with Gasteiger partial charge in [0.1, 0.15) is 0 Å². The number of rotatable bonds is 12. The largest absolute Gasteiger partial charge is 0.481 e. The summed E-state index contributed by atoms with van der Waals surface area (Å²) in [6.07, 6.45) is 2.13. The SMILES string of the molecule is C.C.CC(C)CC[Si](C)(C)O[Si](C)(C)CCC(CC(=O)O)CC(=O)O.O=C=O.O=C=O. The normalized spacial score (nSPS) is 10.1.